The van der Waals surface area contributed by atoms with Crippen molar-refractivity contribution in [2.75, 3.05) is 18.5 Å². The van der Waals surface area contributed by atoms with Gasteiger partial charge in [-0.15, -0.1) is 0 Å². The third-order valence-corrected chi connectivity index (χ3v) is 3.40. The van der Waals surface area contributed by atoms with Crippen LogP contribution in [0.4, 0.5) is 0 Å². The molecule has 2 atom stereocenters. The quantitative estimate of drug-likeness (QED) is 0.732. The van der Waals surface area contributed by atoms with Gasteiger partial charge in [0.15, 0.2) is 0 Å². The van der Waals surface area contributed by atoms with Crippen molar-refractivity contribution in [3.63, 3.8) is 0 Å². The summed E-state index contributed by atoms with van der Waals surface area (Å²) in [5.41, 5.74) is 0.0546. The van der Waals surface area contributed by atoms with Crippen LogP contribution in [0.3, 0.4) is 0 Å². The molecule has 0 N–H and O–H groups in total. The van der Waals surface area contributed by atoms with Gasteiger partial charge in [-0.25, -0.2) is 0 Å². The topological polar surface area (TPSA) is 29.5 Å². The second-order valence-electron chi connectivity index (χ2n) is 5.74. The SMILES string of the molecule is CC1COC(CBr)CN1C(=O)CC(C)(C)C. The highest BCUT2D eigenvalue weighted by molar-refractivity contribution is 9.09. The van der Waals surface area contributed by atoms with Crippen molar-refractivity contribution in [2.24, 2.45) is 5.41 Å². The molecule has 0 saturated carbocycles. The van der Waals surface area contributed by atoms with Crippen LogP contribution >= 0.6 is 15.9 Å². The molecule has 4 heteroatoms. The average Bonchev–Trinajstić information content (AvgIpc) is 2.15. The van der Waals surface area contributed by atoms with E-state index in [1.54, 1.807) is 0 Å². The van der Waals surface area contributed by atoms with Crippen LogP contribution in [0.5, 0.6) is 0 Å². The lowest BCUT2D eigenvalue weighted by Crippen LogP contribution is -2.52. The van der Waals surface area contributed by atoms with E-state index in [-0.39, 0.29) is 23.5 Å². The number of carbonyl (C=O) groups excluding carboxylic acids is 1. The lowest BCUT2D eigenvalue weighted by Gasteiger charge is -2.38. The van der Waals surface area contributed by atoms with E-state index < -0.39 is 0 Å². The Kier molecular flexibility index (Phi) is 4.80. The minimum absolute atomic E-state index is 0.0546. The molecular weight excluding hydrogens is 270 g/mol. The first-order valence-corrected chi connectivity index (χ1v) is 6.92. The van der Waals surface area contributed by atoms with Gasteiger partial charge in [0.1, 0.15) is 0 Å². The van der Waals surface area contributed by atoms with Gasteiger partial charge >= 0.3 is 0 Å². The van der Waals surface area contributed by atoms with Crippen LogP contribution in [-0.4, -0.2) is 41.4 Å². The third-order valence-electron chi connectivity index (χ3n) is 2.68. The van der Waals surface area contributed by atoms with Crippen molar-refractivity contribution >= 4 is 21.8 Å². The fourth-order valence-electron chi connectivity index (χ4n) is 1.81. The molecule has 1 aliphatic heterocycles. The van der Waals surface area contributed by atoms with Crippen molar-refractivity contribution in [2.45, 2.75) is 46.3 Å². The van der Waals surface area contributed by atoms with Gasteiger partial charge in [-0.1, -0.05) is 36.7 Å². The zero-order chi connectivity index (χ0) is 12.3. The number of rotatable bonds is 2. The van der Waals surface area contributed by atoms with E-state index >= 15 is 0 Å². The molecule has 3 nitrogen and oxygen atoms in total. The number of nitrogens with zero attached hydrogens (tertiary/aromatic N) is 1. The van der Waals surface area contributed by atoms with E-state index in [1.807, 2.05) is 11.8 Å². The highest BCUT2D eigenvalue weighted by Crippen LogP contribution is 2.22. The predicted octanol–water partition coefficient (Wildman–Crippen LogP) is 2.43. The number of amides is 1. The second-order valence-corrected chi connectivity index (χ2v) is 6.39. The molecule has 0 aromatic carbocycles. The molecule has 0 spiro atoms. The summed E-state index contributed by atoms with van der Waals surface area (Å²) in [7, 11) is 0. The van der Waals surface area contributed by atoms with Crippen LogP contribution in [0.2, 0.25) is 0 Å². The molecule has 94 valence electrons. The Morgan fingerprint density at radius 2 is 2.12 bits per heavy atom. The molecule has 0 bridgehead atoms. The summed E-state index contributed by atoms with van der Waals surface area (Å²) < 4.78 is 5.61. The van der Waals surface area contributed by atoms with Gasteiger partial charge in [-0.2, -0.15) is 0 Å². The van der Waals surface area contributed by atoms with Gasteiger partial charge in [0, 0.05) is 18.3 Å². The maximum Gasteiger partial charge on any atom is 0.223 e. The Labute approximate surface area is 107 Å². The maximum absolute atomic E-state index is 12.1. The van der Waals surface area contributed by atoms with E-state index in [9.17, 15) is 4.79 Å². The molecule has 0 aromatic heterocycles. The van der Waals surface area contributed by atoms with Crippen LogP contribution < -0.4 is 0 Å². The van der Waals surface area contributed by atoms with E-state index in [0.717, 1.165) is 5.33 Å². The van der Waals surface area contributed by atoms with Crippen LogP contribution in [0.15, 0.2) is 0 Å². The lowest BCUT2D eigenvalue weighted by atomic mass is 9.91. The van der Waals surface area contributed by atoms with Crippen molar-refractivity contribution < 1.29 is 9.53 Å². The monoisotopic (exact) mass is 291 g/mol. The number of hydrogen-bond acceptors (Lipinski definition) is 2. The fraction of sp³-hybridized carbons (Fsp3) is 0.917. The first-order valence-electron chi connectivity index (χ1n) is 5.80. The molecule has 1 heterocycles. The summed E-state index contributed by atoms with van der Waals surface area (Å²) in [6.07, 6.45) is 0.743. The van der Waals surface area contributed by atoms with Crippen LogP contribution in [0.25, 0.3) is 0 Å². The molecule has 1 amide bonds. The number of halogens is 1. The van der Waals surface area contributed by atoms with Gasteiger partial charge in [-0.05, 0) is 12.3 Å². The number of hydrogen-bond donors (Lipinski definition) is 0. The van der Waals surface area contributed by atoms with E-state index in [2.05, 4.69) is 36.7 Å². The normalized spacial score (nSPS) is 26.9. The van der Waals surface area contributed by atoms with Gasteiger partial charge < -0.3 is 9.64 Å². The van der Waals surface area contributed by atoms with E-state index in [4.69, 9.17) is 4.74 Å². The number of alkyl halides is 1. The van der Waals surface area contributed by atoms with Gasteiger partial charge in [0.2, 0.25) is 5.91 Å². The highest BCUT2D eigenvalue weighted by Gasteiger charge is 2.30. The molecule has 1 fully saturated rings. The standard InChI is InChI=1S/C12H22BrNO2/c1-9-8-16-10(6-13)7-14(9)11(15)5-12(2,3)4/h9-10H,5-8H2,1-4H3. The average molecular weight is 292 g/mol. The summed E-state index contributed by atoms with van der Waals surface area (Å²) in [6, 6.07) is 0.199. The Balaban J connectivity index is 2.59. The van der Waals surface area contributed by atoms with Gasteiger partial charge in [0.25, 0.3) is 0 Å². The van der Waals surface area contributed by atoms with E-state index in [1.165, 1.54) is 0 Å². The van der Waals surface area contributed by atoms with Gasteiger partial charge in [-0.3, -0.25) is 4.79 Å². The highest BCUT2D eigenvalue weighted by atomic mass is 79.9. The van der Waals surface area contributed by atoms with Crippen LogP contribution in [-0.2, 0) is 9.53 Å². The molecule has 0 aliphatic carbocycles. The fourth-order valence-corrected chi connectivity index (χ4v) is 2.21. The van der Waals surface area contributed by atoms with Crippen molar-refractivity contribution in [3.8, 4) is 0 Å². The summed E-state index contributed by atoms with van der Waals surface area (Å²) in [4.78, 5) is 14.1. The molecule has 1 rings (SSSR count). The summed E-state index contributed by atoms with van der Waals surface area (Å²) in [5, 5.41) is 0.791. The smallest absolute Gasteiger partial charge is 0.223 e. The lowest BCUT2D eigenvalue weighted by molar-refractivity contribution is -0.144. The predicted molar refractivity (Wildman–Crippen MR) is 68.8 cm³/mol. The Morgan fingerprint density at radius 3 is 2.62 bits per heavy atom. The van der Waals surface area contributed by atoms with Crippen molar-refractivity contribution in [1.82, 2.24) is 4.90 Å². The number of carbonyl (C=O) groups is 1. The first kappa shape index (κ1) is 14.0. The van der Waals surface area contributed by atoms with Gasteiger partial charge in [0.05, 0.1) is 18.8 Å². The van der Waals surface area contributed by atoms with Crippen molar-refractivity contribution in [1.29, 1.82) is 0 Å². The number of ether oxygens (including phenoxy) is 1. The Bertz CT molecular complexity index is 250. The van der Waals surface area contributed by atoms with Crippen LogP contribution in [0, 0.1) is 5.41 Å². The van der Waals surface area contributed by atoms with E-state index in [0.29, 0.717) is 19.6 Å². The third kappa shape index (κ3) is 4.06. The molecule has 1 aliphatic rings. The molecular formula is C12H22BrNO2. The molecule has 16 heavy (non-hydrogen) atoms. The Morgan fingerprint density at radius 1 is 1.50 bits per heavy atom. The second kappa shape index (κ2) is 5.50. The first-order chi connectivity index (χ1) is 7.33. The molecule has 1 saturated heterocycles. The maximum atomic E-state index is 12.1. The minimum Gasteiger partial charge on any atom is -0.373 e. The van der Waals surface area contributed by atoms with Crippen molar-refractivity contribution in [3.05, 3.63) is 0 Å². The molecule has 0 radical (unpaired) electrons. The minimum atomic E-state index is 0.0546. The molecule has 2 unspecified atom stereocenters. The summed E-state index contributed by atoms with van der Waals surface area (Å²) >= 11 is 3.41. The zero-order valence-corrected chi connectivity index (χ0v) is 12.2. The largest absolute Gasteiger partial charge is 0.373 e. The molecule has 0 aromatic rings. The number of morpholine rings is 1. The summed E-state index contributed by atoms with van der Waals surface area (Å²) in [5.74, 6) is 0.245. The summed E-state index contributed by atoms with van der Waals surface area (Å²) in [6.45, 7) is 9.69. The zero-order valence-electron chi connectivity index (χ0n) is 10.6. The van der Waals surface area contributed by atoms with Crippen LogP contribution in [0.1, 0.15) is 34.1 Å². The Hall–Kier alpha value is -0.0900.